The number of nitrogens with zero attached hydrogens (tertiary/aromatic N) is 4. The van der Waals surface area contributed by atoms with E-state index in [0.717, 1.165) is 18.1 Å². The van der Waals surface area contributed by atoms with Crippen molar-refractivity contribution in [2.45, 2.75) is 19.9 Å². The van der Waals surface area contributed by atoms with Crippen LogP contribution in [0.2, 0.25) is 0 Å². The Morgan fingerprint density at radius 2 is 1.92 bits per heavy atom. The van der Waals surface area contributed by atoms with Crippen molar-refractivity contribution in [3.8, 4) is 0 Å². The molecule has 1 saturated heterocycles. The first-order valence-electron chi connectivity index (χ1n) is 7.84. The van der Waals surface area contributed by atoms with Crippen LogP contribution in [-0.2, 0) is 17.8 Å². The molecule has 1 fully saturated rings. The van der Waals surface area contributed by atoms with Crippen LogP contribution in [0.15, 0.2) is 30.6 Å². The van der Waals surface area contributed by atoms with Gasteiger partial charge in [-0.3, -0.25) is 4.79 Å². The Morgan fingerprint density at radius 3 is 2.54 bits per heavy atom. The van der Waals surface area contributed by atoms with Gasteiger partial charge in [0.25, 0.3) is 0 Å². The van der Waals surface area contributed by atoms with E-state index in [4.69, 9.17) is 0 Å². The highest BCUT2D eigenvalue weighted by Gasteiger charge is 2.26. The third-order valence-corrected chi connectivity index (χ3v) is 4.08. The molecule has 0 unspecified atom stereocenters. The quantitative estimate of drug-likeness (QED) is 0.861. The highest BCUT2D eigenvalue weighted by molar-refractivity contribution is 5.82. The molecule has 0 saturated carbocycles. The molecule has 126 valence electrons. The third kappa shape index (κ3) is 3.50. The first kappa shape index (κ1) is 16.3. The Hall–Kier alpha value is -2.57. The summed E-state index contributed by atoms with van der Waals surface area (Å²) in [6.07, 6.45) is 4.37. The van der Waals surface area contributed by atoms with E-state index in [-0.39, 0.29) is 19.0 Å². The lowest BCUT2D eigenvalue weighted by Crippen LogP contribution is -2.50. The maximum absolute atomic E-state index is 13.7. The number of piperazine rings is 1. The van der Waals surface area contributed by atoms with Crippen molar-refractivity contribution in [1.82, 2.24) is 14.9 Å². The normalized spacial score (nSPS) is 15.0. The van der Waals surface area contributed by atoms with E-state index in [1.54, 1.807) is 22.2 Å². The molecule has 0 radical (unpaired) electrons. The fraction of sp³-hybridized carbons (Fsp3) is 0.353. The second-order valence-electron chi connectivity index (χ2n) is 5.72. The summed E-state index contributed by atoms with van der Waals surface area (Å²) in [5, 5.41) is 0. The van der Waals surface area contributed by atoms with Gasteiger partial charge in [-0.25, -0.2) is 18.7 Å². The molecular formula is C17H18F2N4O. The molecule has 1 amide bonds. The Labute approximate surface area is 138 Å². The first-order valence-corrected chi connectivity index (χ1v) is 7.84. The van der Waals surface area contributed by atoms with Crippen LogP contribution in [0.1, 0.15) is 18.1 Å². The number of carbonyl (C=O) groups is 1. The first-order chi connectivity index (χ1) is 11.6. The number of aryl methyl sites for hydroxylation is 1. The summed E-state index contributed by atoms with van der Waals surface area (Å²) in [6.45, 7) is 3.31. The van der Waals surface area contributed by atoms with Gasteiger partial charge in [-0.2, -0.15) is 0 Å². The van der Waals surface area contributed by atoms with Crippen molar-refractivity contribution in [3.63, 3.8) is 0 Å². The van der Waals surface area contributed by atoms with Crippen LogP contribution in [0.3, 0.4) is 0 Å². The second-order valence-corrected chi connectivity index (χ2v) is 5.72. The predicted octanol–water partition coefficient (Wildman–Crippen LogP) is 2.17. The number of carbonyl (C=O) groups excluding carboxylic acids is 1. The minimum atomic E-state index is -0.635. The molecule has 0 N–H and O–H groups in total. The fourth-order valence-corrected chi connectivity index (χ4v) is 2.60. The van der Waals surface area contributed by atoms with Gasteiger partial charge in [0.2, 0.25) is 11.9 Å². The zero-order chi connectivity index (χ0) is 17.1. The number of anilines is 1. The van der Waals surface area contributed by atoms with Crippen molar-refractivity contribution in [2.75, 3.05) is 24.5 Å². The highest BCUT2D eigenvalue weighted by Crippen LogP contribution is 2.16. The summed E-state index contributed by atoms with van der Waals surface area (Å²) in [7, 11) is 0. The predicted molar refractivity (Wildman–Crippen MR) is 85.4 cm³/mol. The molecule has 1 aliphatic rings. The molecule has 1 aromatic carbocycles. The SMILES string of the molecule is CCc1cnc(N2CCN(Cc3ccc(F)cc3F)C(=O)C2)nc1. The summed E-state index contributed by atoms with van der Waals surface area (Å²) in [4.78, 5) is 24.2. The maximum atomic E-state index is 13.7. The summed E-state index contributed by atoms with van der Waals surface area (Å²) < 4.78 is 26.7. The van der Waals surface area contributed by atoms with E-state index in [9.17, 15) is 13.6 Å². The van der Waals surface area contributed by atoms with Crippen molar-refractivity contribution >= 4 is 11.9 Å². The zero-order valence-corrected chi connectivity index (χ0v) is 13.4. The number of amides is 1. The monoisotopic (exact) mass is 332 g/mol. The molecule has 24 heavy (non-hydrogen) atoms. The van der Waals surface area contributed by atoms with Crippen LogP contribution in [-0.4, -0.2) is 40.4 Å². The maximum Gasteiger partial charge on any atom is 0.242 e. The summed E-state index contributed by atoms with van der Waals surface area (Å²) in [6, 6.07) is 3.40. The van der Waals surface area contributed by atoms with E-state index >= 15 is 0 Å². The van der Waals surface area contributed by atoms with Crippen molar-refractivity contribution < 1.29 is 13.6 Å². The van der Waals surface area contributed by atoms with Crippen LogP contribution in [0.25, 0.3) is 0 Å². The van der Waals surface area contributed by atoms with Crippen LogP contribution >= 0.6 is 0 Å². The Kier molecular flexibility index (Phi) is 4.69. The number of benzene rings is 1. The summed E-state index contributed by atoms with van der Waals surface area (Å²) >= 11 is 0. The van der Waals surface area contributed by atoms with Gasteiger partial charge in [-0.15, -0.1) is 0 Å². The molecule has 0 aliphatic carbocycles. The molecule has 0 bridgehead atoms. The smallest absolute Gasteiger partial charge is 0.242 e. The topological polar surface area (TPSA) is 49.3 Å². The summed E-state index contributed by atoms with van der Waals surface area (Å²) in [5.74, 6) is -0.870. The van der Waals surface area contributed by atoms with E-state index in [1.807, 2.05) is 6.92 Å². The number of hydrogen-bond donors (Lipinski definition) is 0. The standard InChI is InChI=1S/C17H18F2N4O/c1-2-12-8-20-17(21-9-12)23-6-5-22(16(24)11-23)10-13-3-4-14(18)7-15(13)19/h3-4,7-9H,2,5-6,10-11H2,1H3. The van der Waals surface area contributed by atoms with Crippen LogP contribution in [0.5, 0.6) is 0 Å². The Bertz CT molecular complexity index is 736. The van der Waals surface area contributed by atoms with Crippen molar-refractivity contribution in [3.05, 3.63) is 53.4 Å². The fourth-order valence-electron chi connectivity index (χ4n) is 2.60. The second kappa shape index (κ2) is 6.90. The van der Waals surface area contributed by atoms with E-state index in [1.165, 1.54) is 12.1 Å². The Morgan fingerprint density at radius 1 is 1.17 bits per heavy atom. The molecule has 0 spiro atoms. The van der Waals surface area contributed by atoms with Gasteiger partial charge in [-0.05, 0) is 18.1 Å². The van der Waals surface area contributed by atoms with Gasteiger partial charge >= 0.3 is 0 Å². The van der Waals surface area contributed by atoms with Crippen molar-refractivity contribution in [1.29, 1.82) is 0 Å². The van der Waals surface area contributed by atoms with Crippen molar-refractivity contribution in [2.24, 2.45) is 0 Å². The van der Waals surface area contributed by atoms with Gasteiger partial charge in [0.1, 0.15) is 18.2 Å². The number of rotatable bonds is 4. The third-order valence-electron chi connectivity index (χ3n) is 4.08. The minimum absolute atomic E-state index is 0.131. The van der Waals surface area contributed by atoms with Gasteiger partial charge in [-0.1, -0.05) is 13.0 Å². The van der Waals surface area contributed by atoms with Gasteiger partial charge in [0.15, 0.2) is 0 Å². The van der Waals surface area contributed by atoms with Crippen LogP contribution in [0.4, 0.5) is 14.7 Å². The molecule has 2 heterocycles. The lowest BCUT2D eigenvalue weighted by atomic mass is 10.1. The van der Waals surface area contributed by atoms with Gasteiger partial charge in [0.05, 0.1) is 0 Å². The van der Waals surface area contributed by atoms with E-state index in [2.05, 4.69) is 9.97 Å². The van der Waals surface area contributed by atoms with E-state index in [0.29, 0.717) is 24.6 Å². The van der Waals surface area contributed by atoms with Gasteiger partial charge in [0, 0.05) is 43.7 Å². The molecular weight excluding hydrogens is 314 g/mol. The largest absolute Gasteiger partial charge is 0.335 e. The van der Waals surface area contributed by atoms with E-state index < -0.39 is 11.6 Å². The Balaban J connectivity index is 1.65. The molecule has 1 aromatic heterocycles. The van der Waals surface area contributed by atoms with Crippen LogP contribution < -0.4 is 4.90 Å². The highest BCUT2D eigenvalue weighted by atomic mass is 19.1. The zero-order valence-electron chi connectivity index (χ0n) is 13.4. The average Bonchev–Trinajstić information content (AvgIpc) is 2.59. The minimum Gasteiger partial charge on any atom is -0.335 e. The number of hydrogen-bond acceptors (Lipinski definition) is 4. The lowest BCUT2D eigenvalue weighted by molar-refractivity contribution is -0.131. The van der Waals surface area contributed by atoms with Gasteiger partial charge < -0.3 is 9.80 Å². The molecule has 5 nitrogen and oxygen atoms in total. The van der Waals surface area contributed by atoms with Crippen LogP contribution in [0, 0.1) is 11.6 Å². The summed E-state index contributed by atoms with van der Waals surface area (Å²) in [5.41, 5.74) is 1.34. The average molecular weight is 332 g/mol. The molecule has 7 heteroatoms. The molecule has 1 aliphatic heterocycles. The number of aromatic nitrogens is 2. The number of halogens is 2. The lowest BCUT2D eigenvalue weighted by Gasteiger charge is -2.34. The molecule has 2 aromatic rings. The molecule has 3 rings (SSSR count). The molecule has 0 atom stereocenters.